The van der Waals surface area contributed by atoms with Crippen LogP contribution in [0.5, 0.6) is 0 Å². The van der Waals surface area contributed by atoms with Crippen molar-refractivity contribution in [3.05, 3.63) is 0 Å². The average Bonchev–Trinajstić information content (AvgIpc) is 3.16. The Labute approximate surface area is 204 Å². The Morgan fingerprint density at radius 2 is 1.71 bits per heavy atom. The van der Waals surface area contributed by atoms with Crippen molar-refractivity contribution >= 4 is 41.9 Å². The summed E-state index contributed by atoms with van der Waals surface area (Å²) in [6, 6.07) is 0. The van der Waals surface area contributed by atoms with Crippen molar-refractivity contribution in [1.29, 1.82) is 0 Å². The molecule has 9 heteroatoms. The normalized spacial score (nSPS) is 19.4. The van der Waals surface area contributed by atoms with Gasteiger partial charge in [0.2, 0.25) is 5.91 Å². The molecule has 0 aromatic carbocycles. The summed E-state index contributed by atoms with van der Waals surface area (Å²) < 4.78 is 5.47. The number of carbonyl (C=O) groups is 2. The maximum atomic E-state index is 12.7. The molecule has 0 aromatic heterocycles. The zero-order valence-corrected chi connectivity index (χ0v) is 22.5. The van der Waals surface area contributed by atoms with Gasteiger partial charge < -0.3 is 25.2 Å². The molecule has 31 heavy (non-hydrogen) atoms. The van der Waals surface area contributed by atoms with Crippen molar-refractivity contribution in [2.75, 3.05) is 47.3 Å². The van der Waals surface area contributed by atoms with E-state index in [1.807, 2.05) is 34.9 Å². The maximum absolute atomic E-state index is 12.7. The number of aliphatic imine (C=N–C) groups is 1. The lowest BCUT2D eigenvalue weighted by Crippen LogP contribution is -2.50. The second kappa shape index (κ2) is 12.1. The van der Waals surface area contributed by atoms with E-state index >= 15 is 0 Å². The molecule has 1 saturated heterocycles. The first kappa shape index (κ1) is 27.8. The van der Waals surface area contributed by atoms with Gasteiger partial charge in [-0.3, -0.25) is 9.79 Å². The van der Waals surface area contributed by atoms with Crippen molar-refractivity contribution in [2.45, 2.75) is 64.9 Å². The topological polar surface area (TPSA) is 86.3 Å². The molecule has 0 atom stereocenters. The molecule has 0 radical (unpaired) electrons. The number of piperidine rings is 1. The van der Waals surface area contributed by atoms with Gasteiger partial charge in [-0.2, -0.15) is 0 Å². The molecule has 1 heterocycles. The Hall–Kier alpha value is -1.26. The predicted molar refractivity (Wildman–Crippen MR) is 135 cm³/mol. The largest absolute Gasteiger partial charge is 0.444 e. The van der Waals surface area contributed by atoms with Crippen LogP contribution in [-0.4, -0.2) is 80.7 Å². The van der Waals surface area contributed by atoms with Gasteiger partial charge in [-0.15, -0.1) is 24.0 Å². The summed E-state index contributed by atoms with van der Waals surface area (Å²) in [5.74, 6) is 1.42. The lowest BCUT2D eigenvalue weighted by molar-refractivity contribution is -0.138. The van der Waals surface area contributed by atoms with Crippen LogP contribution in [0.3, 0.4) is 0 Å². The minimum Gasteiger partial charge on any atom is -0.444 e. The number of carbonyl (C=O) groups excluding carboxylic acids is 2. The van der Waals surface area contributed by atoms with E-state index in [1.165, 1.54) is 0 Å². The molecule has 8 nitrogen and oxygen atoms in total. The molecule has 1 saturated carbocycles. The number of hydrogen-bond donors (Lipinski definition) is 2. The minimum absolute atomic E-state index is 0. The summed E-state index contributed by atoms with van der Waals surface area (Å²) in [5, 5.41) is 6.80. The summed E-state index contributed by atoms with van der Waals surface area (Å²) in [5.41, 5.74) is -0.780. The lowest BCUT2D eigenvalue weighted by Gasteiger charge is -2.34. The molecular weight excluding hydrogens is 509 g/mol. The van der Waals surface area contributed by atoms with Gasteiger partial charge in [-0.05, 0) is 52.4 Å². The quantitative estimate of drug-likeness (QED) is 0.312. The summed E-state index contributed by atoms with van der Waals surface area (Å²) >= 11 is 0. The lowest BCUT2D eigenvalue weighted by atomic mass is 9.84. The third-order valence-corrected chi connectivity index (χ3v) is 6.06. The highest BCUT2D eigenvalue weighted by molar-refractivity contribution is 14.0. The Morgan fingerprint density at radius 1 is 1.13 bits per heavy atom. The molecule has 2 fully saturated rings. The number of nitrogens with zero attached hydrogens (tertiary/aromatic N) is 3. The first-order chi connectivity index (χ1) is 14.1. The SMILES string of the molecule is CN=C(NCC1CCN(C(=O)OC(C)(C)C)CC1)NCC1(C(=O)N(C)C)CCCC1.I. The van der Waals surface area contributed by atoms with Gasteiger partial charge in [-0.1, -0.05) is 12.8 Å². The van der Waals surface area contributed by atoms with Crippen LogP contribution in [0.1, 0.15) is 59.3 Å². The fourth-order valence-corrected chi connectivity index (χ4v) is 4.35. The standard InChI is InChI=1S/C22H41N5O3.HI/c1-21(2,3)30-20(29)27-13-9-17(10-14-27)15-24-19(23-4)25-16-22(11-7-8-12-22)18(28)26(5)6;/h17H,7-16H2,1-6H3,(H2,23,24,25);1H. The van der Waals surface area contributed by atoms with Crippen LogP contribution in [0.15, 0.2) is 4.99 Å². The molecule has 2 rings (SSSR count). The van der Waals surface area contributed by atoms with E-state index < -0.39 is 5.60 Å². The monoisotopic (exact) mass is 551 g/mol. The zero-order valence-electron chi connectivity index (χ0n) is 20.1. The van der Waals surface area contributed by atoms with E-state index in [1.54, 1.807) is 16.8 Å². The molecule has 0 unspecified atom stereocenters. The first-order valence-corrected chi connectivity index (χ1v) is 11.2. The van der Waals surface area contributed by atoms with E-state index in [4.69, 9.17) is 4.74 Å². The zero-order chi connectivity index (χ0) is 22.4. The van der Waals surface area contributed by atoms with Gasteiger partial charge in [0, 0.05) is 47.3 Å². The fraction of sp³-hybridized carbons (Fsp3) is 0.864. The summed E-state index contributed by atoms with van der Waals surface area (Å²) in [4.78, 5) is 32.8. The number of nitrogens with one attached hydrogen (secondary N) is 2. The first-order valence-electron chi connectivity index (χ1n) is 11.2. The summed E-state index contributed by atoms with van der Waals surface area (Å²) in [6.45, 7) is 8.52. The molecule has 0 aromatic rings. The highest BCUT2D eigenvalue weighted by Gasteiger charge is 2.42. The minimum atomic E-state index is -0.460. The summed E-state index contributed by atoms with van der Waals surface area (Å²) in [6.07, 6.45) is 5.71. The van der Waals surface area contributed by atoms with Crippen LogP contribution < -0.4 is 10.6 Å². The number of ether oxygens (including phenoxy) is 1. The van der Waals surface area contributed by atoms with Crippen LogP contribution in [0.25, 0.3) is 0 Å². The molecule has 2 N–H and O–H groups in total. The van der Waals surface area contributed by atoms with E-state index in [9.17, 15) is 9.59 Å². The third-order valence-electron chi connectivity index (χ3n) is 6.06. The van der Waals surface area contributed by atoms with Crippen molar-refractivity contribution in [3.8, 4) is 0 Å². The highest BCUT2D eigenvalue weighted by atomic mass is 127. The highest BCUT2D eigenvalue weighted by Crippen LogP contribution is 2.38. The Kier molecular flexibility index (Phi) is 10.8. The van der Waals surface area contributed by atoms with Crippen LogP contribution in [0.2, 0.25) is 0 Å². The molecule has 1 aliphatic heterocycles. The van der Waals surface area contributed by atoms with E-state index in [0.29, 0.717) is 25.6 Å². The van der Waals surface area contributed by atoms with Crippen molar-refractivity contribution in [1.82, 2.24) is 20.4 Å². The molecule has 2 amide bonds. The number of likely N-dealkylation sites (tertiary alicyclic amines) is 1. The van der Waals surface area contributed by atoms with Gasteiger partial charge in [0.05, 0.1) is 5.41 Å². The molecule has 1 aliphatic carbocycles. The molecule has 180 valence electrons. The van der Waals surface area contributed by atoms with Gasteiger partial charge in [0.25, 0.3) is 0 Å². The number of amides is 2. The fourth-order valence-electron chi connectivity index (χ4n) is 4.35. The number of halogens is 1. The smallest absolute Gasteiger partial charge is 0.410 e. The number of guanidine groups is 1. The second-order valence-electron chi connectivity index (χ2n) is 9.90. The van der Waals surface area contributed by atoms with Gasteiger partial charge in [0.15, 0.2) is 5.96 Å². The van der Waals surface area contributed by atoms with Gasteiger partial charge in [-0.25, -0.2) is 4.79 Å². The Morgan fingerprint density at radius 3 is 2.19 bits per heavy atom. The van der Waals surface area contributed by atoms with Gasteiger partial charge >= 0.3 is 6.09 Å². The van der Waals surface area contributed by atoms with E-state index in [0.717, 1.165) is 51.0 Å². The molecule has 0 bridgehead atoms. The van der Waals surface area contributed by atoms with Crippen LogP contribution >= 0.6 is 24.0 Å². The predicted octanol–water partition coefficient (Wildman–Crippen LogP) is 3.07. The van der Waals surface area contributed by atoms with Crippen molar-refractivity contribution in [2.24, 2.45) is 16.3 Å². The van der Waals surface area contributed by atoms with Crippen LogP contribution in [0, 0.1) is 11.3 Å². The van der Waals surface area contributed by atoms with E-state index in [2.05, 4.69) is 15.6 Å². The third kappa shape index (κ3) is 8.31. The molecular formula is C22H42IN5O3. The van der Waals surface area contributed by atoms with Crippen molar-refractivity contribution < 1.29 is 14.3 Å². The summed E-state index contributed by atoms with van der Waals surface area (Å²) in [7, 11) is 5.42. The Bertz CT molecular complexity index is 619. The second-order valence-corrected chi connectivity index (χ2v) is 9.90. The molecule has 0 spiro atoms. The van der Waals surface area contributed by atoms with Crippen LogP contribution in [-0.2, 0) is 9.53 Å². The van der Waals surface area contributed by atoms with E-state index in [-0.39, 0.29) is 41.4 Å². The average molecular weight is 552 g/mol. The van der Waals surface area contributed by atoms with Gasteiger partial charge in [0.1, 0.15) is 5.60 Å². The number of hydrogen-bond acceptors (Lipinski definition) is 4. The van der Waals surface area contributed by atoms with Crippen molar-refractivity contribution in [3.63, 3.8) is 0 Å². The number of rotatable bonds is 5. The molecule has 2 aliphatic rings. The Balaban J connectivity index is 0.00000480. The maximum Gasteiger partial charge on any atom is 0.410 e. The van der Waals surface area contributed by atoms with Crippen LogP contribution in [0.4, 0.5) is 4.79 Å².